The Morgan fingerprint density at radius 1 is 1.10 bits per heavy atom. The molecule has 1 fully saturated rings. The van der Waals surface area contributed by atoms with Crippen LogP contribution >= 0.6 is 0 Å². The van der Waals surface area contributed by atoms with Gasteiger partial charge in [-0.3, -0.25) is 4.79 Å². The summed E-state index contributed by atoms with van der Waals surface area (Å²) >= 11 is 0. The quantitative estimate of drug-likeness (QED) is 0.590. The van der Waals surface area contributed by atoms with E-state index >= 15 is 0 Å². The molecule has 4 rings (SSSR count). The van der Waals surface area contributed by atoms with Crippen LogP contribution < -0.4 is 5.32 Å². The van der Waals surface area contributed by atoms with Crippen molar-refractivity contribution in [2.24, 2.45) is 0 Å². The minimum atomic E-state index is -0.897. The molecule has 1 saturated carbocycles. The molecule has 2 aromatic carbocycles. The molecule has 156 valence electrons. The predicted molar refractivity (Wildman–Crippen MR) is 113 cm³/mol. The van der Waals surface area contributed by atoms with E-state index in [4.69, 9.17) is 4.74 Å². The molecule has 0 saturated heterocycles. The first-order valence-corrected chi connectivity index (χ1v) is 10.3. The van der Waals surface area contributed by atoms with E-state index in [2.05, 4.69) is 10.3 Å². The Kier molecular flexibility index (Phi) is 5.57. The number of hydrogen-bond donors (Lipinski definition) is 2. The van der Waals surface area contributed by atoms with E-state index in [-0.39, 0.29) is 24.1 Å². The molecule has 1 aliphatic rings. The van der Waals surface area contributed by atoms with Crippen LogP contribution in [0, 0.1) is 5.82 Å². The monoisotopic (exact) mass is 408 g/mol. The van der Waals surface area contributed by atoms with E-state index in [0.717, 1.165) is 40.6 Å². The minimum absolute atomic E-state index is 0.169. The summed E-state index contributed by atoms with van der Waals surface area (Å²) in [6.45, 7) is 0. The largest absolute Gasteiger partial charge is 0.467 e. The van der Waals surface area contributed by atoms with E-state index in [1.54, 1.807) is 12.1 Å². The molecule has 0 radical (unpaired) electrons. The molecule has 30 heavy (non-hydrogen) atoms. The second-order valence-electron chi connectivity index (χ2n) is 7.86. The number of amides is 1. The summed E-state index contributed by atoms with van der Waals surface area (Å²) in [6, 6.07) is 14.2. The second-order valence-corrected chi connectivity index (χ2v) is 7.86. The van der Waals surface area contributed by atoms with E-state index in [1.807, 2.05) is 24.3 Å². The van der Waals surface area contributed by atoms with Crippen LogP contribution in [0.5, 0.6) is 0 Å². The first kappa shape index (κ1) is 20.1. The van der Waals surface area contributed by atoms with Gasteiger partial charge in [0.25, 0.3) is 0 Å². The van der Waals surface area contributed by atoms with Crippen molar-refractivity contribution in [1.82, 2.24) is 10.3 Å². The van der Waals surface area contributed by atoms with Crippen LogP contribution in [0.2, 0.25) is 0 Å². The number of carbonyl (C=O) groups excluding carboxylic acids is 2. The maximum Gasteiger partial charge on any atom is 0.331 e. The van der Waals surface area contributed by atoms with Crippen molar-refractivity contribution in [3.05, 3.63) is 59.9 Å². The summed E-state index contributed by atoms with van der Waals surface area (Å²) in [4.78, 5) is 28.4. The lowest BCUT2D eigenvalue weighted by Crippen LogP contribution is -2.53. The Labute approximate surface area is 174 Å². The zero-order valence-electron chi connectivity index (χ0n) is 17.0. The van der Waals surface area contributed by atoms with Crippen LogP contribution in [0.1, 0.15) is 37.7 Å². The summed E-state index contributed by atoms with van der Waals surface area (Å²) in [5.74, 6) is -0.828. The number of para-hydroxylation sites is 1. The van der Waals surface area contributed by atoms with Gasteiger partial charge in [0, 0.05) is 23.0 Å². The number of H-pyrrole nitrogens is 1. The number of esters is 1. The number of aromatic amines is 1. The molecular weight excluding hydrogens is 383 g/mol. The lowest BCUT2D eigenvalue weighted by Gasteiger charge is -2.27. The summed E-state index contributed by atoms with van der Waals surface area (Å²) in [7, 11) is 1.36. The number of nitrogens with one attached hydrogen (secondary N) is 2. The molecule has 1 aliphatic carbocycles. The van der Waals surface area contributed by atoms with Crippen molar-refractivity contribution >= 4 is 22.8 Å². The number of rotatable bonds is 6. The summed E-state index contributed by atoms with van der Waals surface area (Å²) in [5, 5.41) is 3.98. The smallest absolute Gasteiger partial charge is 0.331 e. The number of hydrogen-bond acceptors (Lipinski definition) is 3. The van der Waals surface area contributed by atoms with Gasteiger partial charge in [-0.1, -0.05) is 31.0 Å². The van der Waals surface area contributed by atoms with Gasteiger partial charge in [0.05, 0.1) is 7.11 Å². The van der Waals surface area contributed by atoms with Crippen molar-refractivity contribution in [2.75, 3.05) is 7.11 Å². The van der Waals surface area contributed by atoms with Gasteiger partial charge in [-0.05, 0) is 60.7 Å². The highest BCUT2D eigenvalue weighted by molar-refractivity contribution is 5.92. The Bertz CT molecular complexity index is 1070. The SMILES string of the molecule is COC(=O)C1(NC(=O)CCc2c(-c3ccc(F)cc3)[nH]c3ccccc23)CCCC1. The number of carbonyl (C=O) groups is 2. The van der Waals surface area contributed by atoms with Crippen LogP contribution in [-0.4, -0.2) is 29.5 Å². The fourth-order valence-corrected chi connectivity index (χ4v) is 4.44. The molecule has 0 aliphatic heterocycles. The average molecular weight is 408 g/mol. The molecule has 1 aromatic heterocycles. The third-order valence-corrected chi connectivity index (χ3v) is 5.96. The molecule has 6 heteroatoms. The summed E-state index contributed by atoms with van der Waals surface area (Å²) in [6.07, 6.45) is 3.76. The molecule has 3 aromatic rings. The number of benzene rings is 2. The number of aryl methyl sites for hydroxylation is 1. The highest BCUT2D eigenvalue weighted by Gasteiger charge is 2.43. The van der Waals surface area contributed by atoms with Crippen molar-refractivity contribution in [3.63, 3.8) is 0 Å². The van der Waals surface area contributed by atoms with Gasteiger partial charge in [-0.25, -0.2) is 9.18 Å². The van der Waals surface area contributed by atoms with Gasteiger partial charge in [-0.15, -0.1) is 0 Å². The summed E-state index contributed by atoms with van der Waals surface area (Å²) < 4.78 is 18.3. The van der Waals surface area contributed by atoms with Crippen molar-refractivity contribution in [3.8, 4) is 11.3 Å². The molecule has 0 spiro atoms. The number of aromatic nitrogens is 1. The van der Waals surface area contributed by atoms with Crippen LogP contribution in [0.3, 0.4) is 0 Å². The maximum absolute atomic E-state index is 13.4. The summed E-state index contributed by atoms with van der Waals surface area (Å²) in [5.41, 5.74) is 2.82. The third kappa shape index (κ3) is 3.82. The lowest BCUT2D eigenvalue weighted by molar-refractivity contribution is -0.150. The molecule has 2 N–H and O–H groups in total. The molecule has 5 nitrogen and oxygen atoms in total. The zero-order valence-corrected chi connectivity index (χ0v) is 17.0. The molecule has 1 amide bonds. The van der Waals surface area contributed by atoms with Crippen LogP contribution in [0.4, 0.5) is 4.39 Å². The molecular formula is C24H25FN2O3. The second kappa shape index (κ2) is 8.30. The molecule has 0 atom stereocenters. The van der Waals surface area contributed by atoms with Crippen LogP contribution in [-0.2, 0) is 20.7 Å². The molecule has 0 unspecified atom stereocenters. The van der Waals surface area contributed by atoms with Gasteiger partial charge in [0.2, 0.25) is 5.91 Å². The highest BCUT2D eigenvalue weighted by Crippen LogP contribution is 2.33. The normalized spacial score (nSPS) is 15.3. The maximum atomic E-state index is 13.4. The minimum Gasteiger partial charge on any atom is -0.467 e. The van der Waals surface area contributed by atoms with Gasteiger partial charge in [0.15, 0.2) is 0 Å². The standard InChI is InChI=1S/C24H25FN2O3/c1-30-23(29)24(14-4-5-15-24)27-21(28)13-12-19-18-6-2-3-7-20(18)26-22(19)16-8-10-17(25)11-9-16/h2-3,6-11,26H,4-5,12-15H2,1H3,(H,27,28). The fraction of sp³-hybridized carbons (Fsp3) is 0.333. The van der Waals surface area contributed by atoms with Crippen molar-refractivity contribution < 1.29 is 18.7 Å². The zero-order chi connectivity index (χ0) is 21.1. The lowest BCUT2D eigenvalue weighted by atomic mass is 9.96. The Morgan fingerprint density at radius 3 is 2.50 bits per heavy atom. The van der Waals surface area contributed by atoms with Gasteiger partial charge in [-0.2, -0.15) is 0 Å². The fourth-order valence-electron chi connectivity index (χ4n) is 4.44. The topological polar surface area (TPSA) is 71.2 Å². The first-order chi connectivity index (χ1) is 14.5. The Hall–Kier alpha value is -3.15. The molecule has 1 heterocycles. The van der Waals surface area contributed by atoms with E-state index < -0.39 is 5.54 Å². The Balaban J connectivity index is 1.57. The van der Waals surface area contributed by atoms with Crippen LogP contribution in [0.15, 0.2) is 48.5 Å². The highest BCUT2D eigenvalue weighted by atomic mass is 19.1. The number of methoxy groups -OCH3 is 1. The third-order valence-electron chi connectivity index (χ3n) is 5.96. The molecule has 0 bridgehead atoms. The van der Waals surface area contributed by atoms with Crippen molar-refractivity contribution in [2.45, 2.75) is 44.1 Å². The van der Waals surface area contributed by atoms with E-state index in [9.17, 15) is 14.0 Å². The number of fused-ring (bicyclic) bond motifs is 1. The number of halogens is 1. The van der Waals surface area contributed by atoms with Gasteiger partial charge >= 0.3 is 5.97 Å². The Morgan fingerprint density at radius 2 is 1.80 bits per heavy atom. The van der Waals surface area contributed by atoms with Gasteiger partial charge in [0.1, 0.15) is 11.4 Å². The van der Waals surface area contributed by atoms with Crippen LogP contribution in [0.25, 0.3) is 22.2 Å². The average Bonchev–Trinajstić information content (AvgIpc) is 3.37. The van der Waals surface area contributed by atoms with Gasteiger partial charge < -0.3 is 15.0 Å². The predicted octanol–water partition coefficient (Wildman–Crippen LogP) is 4.51. The van der Waals surface area contributed by atoms with E-state index in [1.165, 1.54) is 19.2 Å². The number of ether oxygens (including phenoxy) is 1. The first-order valence-electron chi connectivity index (χ1n) is 10.3. The van der Waals surface area contributed by atoms with E-state index in [0.29, 0.717) is 19.3 Å². The van der Waals surface area contributed by atoms with Crippen molar-refractivity contribution in [1.29, 1.82) is 0 Å².